The summed E-state index contributed by atoms with van der Waals surface area (Å²) in [6.07, 6.45) is 5.12. The highest BCUT2D eigenvalue weighted by molar-refractivity contribution is 5.92. The van der Waals surface area contributed by atoms with Gasteiger partial charge in [0.25, 0.3) is 5.91 Å². The number of carbonyl (C=O) groups excluding carboxylic acids is 2. The van der Waals surface area contributed by atoms with Gasteiger partial charge >= 0.3 is 12.1 Å². The van der Waals surface area contributed by atoms with E-state index in [0.717, 1.165) is 25.0 Å². The van der Waals surface area contributed by atoms with Gasteiger partial charge < -0.3 is 24.8 Å². The zero-order chi connectivity index (χ0) is 25.9. The summed E-state index contributed by atoms with van der Waals surface area (Å²) in [5.41, 5.74) is 0.0719. The Morgan fingerprint density at radius 3 is 2.28 bits per heavy atom. The Kier molecular flexibility index (Phi) is 7.32. The third kappa shape index (κ3) is 6.23. The molecule has 2 amide bonds. The van der Waals surface area contributed by atoms with Crippen molar-refractivity contribution >= 4 is 18.0 Å². The second-order valence-electron chi connectivity index (χ2n) is 9.20. The molecule has 2 aromatic rings. The molecule has 192 valence electrons. The molecule has 4 rings (SSSR count). The van der Waals surface area contributed by atoms with E-state index in [0.29, 0.717) is 25.9 Å². The Hall–Kier alpha value is -3.83. The summed E-state index contributed by atoms with van der Waals surface area (Å²) in [4.78, 5) is 43.8. The van der Waals surface area contributed by atoms with Crippen LogP contribution < -0.4 is 10.1 Å². The lowest BCUT2D eigenvalue weighted by molar-refractivity contribution is -0.135. The van der Waals surface area contributed by atoms with Gasteiger partial charge in [-0.15, -0.1) is 0 Å². The van der Waals surface area contributed by atoms with Crippen molar-refractivity contribution < 1.29 is 37.7 Å². The van der Waals surface area contributed by atoms with Gasteiger partial charge in [0.05, 0.1) is 6.61 Å². The standard InChI is InChI=1S/C24H26F2N4O6/c1-24(4-5-24)36-23(34)30-6-2-14(3-7-30)13-35-20-17(25)8-15(9-18(20)26)16-10-27-21(28-11-16)22(33)29-12-19(31)32/h8-11,14H,2-7,12-13H2,1H3,(H,29,33)(H,31,32). The van der Waals surface area contributed by atoms with Gasteiger partial charge in [-0.1, -0.05) is 0 Å². The minimum Gasteiger partial charge on any atom is -0.487 e. The summed E-state index contributed by atoms with van der Waals surface area (Å²) in [5.74, 6) is -4.53. The molecule has 0 unspecified atom stereocenters. The Bertz CT molecular complexity index is 1120. The molecule has 0 spiro atoms. The highest BCUT2D eigenvalue weighted by Crippen LogP contribution is 2.39. The number of carboxylic acid groups (broad SMARTS) is 1. The average molecular weight is 504 g/mol. The summed E-state index contributed by atoms with van der Waals surface area (Å²) in [7, 11) is 0. The molecule has 0 atom stereocenters. The molecule has 2 aliphatic rings. The van der Waals surface area contributed by atoms with Crippen LogP contribution in [-0.4, -0.2) is 69.8 Å². The normalized spacial score (nSPS) is 16.8. The first-order valence-corrected chi connectivity index (χ1v) is 11.6. The number of benzene rings is 1. The number of carbonyl (C=O) groups is 3. The van der Waals surface area contributed by atoms with Crippen LogP contribution in [0.1, 0.15) is 43.2 Å². The van der Waals surface area contributed by atoms with Gasteiger partial charge in [-0.3, -0.25) is 9.59 Å². The Morgan fingerprint density at radius 1 is 1.11 bits per heavy atom. The van der Waals surface area contributed by atoms with E-state index in [4.69, 9.17) is 14.6 Å². The zero-order valence-electron chi connectivity index (χ0n) is 19.6. The maximum absolute atomic E-state index is 14.7. The number of carboxylic acids is 1. The number of nitrogens with one attached hydrogen (secondary N) is 1. The SMILES string of the molecule is CC1(OC(=O)N2CCC(COc3c(F)cc(-c4cnc(C(=O)NCC(=O)O)nc4)cc3F)CC2)CC1. The van der Waals surface area contributed by atoms with Crippen molar-refractivity contribution in [3.8, 4) is 16.9 Å². The summed E-state index contributed by atoms with van der Waals surface area (Å²) in [5, 5.41) is 10.7. The predicted octanol–water partition coefficient (Wildman–Crippen LogP) is 3.02. The predicted molar refractivity (Wildman–Crippen MR) is 121 cm³/mol. The molecule has 36 heavy (non-hydrogen) atoms. The number of piperidine rings is 1. The van der Waals surface area contributed by atoms with E-state index >= 15 is 0 Å². The van der Waals surface area contributed by atoms with Crippen molar-refractivity contribution in [2.75, 3.05) is 26.2 Å². The molecule has 1 aliphatic heterocycles. The molecule has 1 saturated heterocycles. The van der Waals surface area contributed by atoms with Gasteiger partial charge in [0, 0.05) is 31.0 Å². The maximum Gasteiger partial charge on any atom is 0.410 e. The molecule has 2 N–H and O–H groups in total. The van der Waals surface area contributed by atoms with Gasteiger partial charge in [0.2, 0.25) is 5.82 Å². The highest BCUT2D eigenvalue weighted by atomic mass is 19.1. The van der Waals surface area contributed by atoms with Crippen molar-refractivity contribution in [2.45, 2.75) is 38.2 Å². The molecule has 2 heterocycles. The van der Waals surface area contributed by atoms with Crippen molar-refractivity contribution in [3.05, 3.63) is 42.0 Å². The third-order valence-corrected chi connectivity index (χ3v) is 6.21. The number of hydrogen-bond acceptors (Lipinski definition) is 7. The monoisotopic (exact) mass is 504 g/mol. The fourth-order valence-corrected chi connectivity index (χ4v) is 3.73. The topological polar surface area (TPSA) is 131 Å². The van der Waals surface area contributed by atoms with Crippen LogP contribution in [0.5, 0.6) is 5.75 Å². The van der Waals surface area contributed by atoms with Gasteiger partial charge in [0.1, 0.15) is 12.1 Å². The number of aliphatic carboxylic acids is 1. The van der Waals surface area contributed by atoms with Crippen LogP contribution >= 0.6 is 0 Å². The Balaban J connectivity index is 1.31. The second-order valence-corrected chi connectivity index (χ2v) is 9.20. The summed E-state index contributed by atoms with van der Waals surface area (Å²) >= 11 is 0. The van der Waals surface area contributed by atoms with E-state index < -0.39 is 35.8 Å². The minimum atomic E-state index is -1.22. The fraction of sp³-hybridized carbons (Fsp3) is 0.458. The van der Waals surface area contributed by atoms with Crippen LogP contribution in [-0.2, 0) is 9.53 Å². The van der Waals surface area contributed by atoms with E-state index in [9.17, 15) is 23.2 Å². The molecule has 1 saturated carbocycles. The van der Waals surface area contributed by atoms with Crippen molar-refractivity contribution in [3.63, 3.8) is 0 Å². The molecule has 1 aliphatic carbocycles. The van der Waals surface area contributed by atoms with Gasteiger partial charge in [-0.25, -0.2) is 23.5 Å². The number of likely N-dealkylation sites (tertiary alicyclic amines) is 1. The molecule has 2 fully saturated rings. The summed E-state index contributed by atoms with van der Waals surface area (Å²) in [6.45, 7) is 2.42. The molecule has 1 aromatic carbocycles. The quantitative estimate of drug-likeness (QED) is 0.561. The molecular weight excluding hydrogens is 478 g/mol. The Labute approximate surface area is 205 Å². The van der Waals surface area contributed by atoms with Crippen LogP contribution in [0.2, 0.25) is 0 Å². The third-order valence-electron chi connectivity index (χ3n) is 6.21. The van der Waals surface area contributed by atoms with Crippen molar-refractivity contribution in [1.82, 2.24) is 20.2 Å². The van der Waals surface area contributed by atoms with Crippen molar-refractivity contribution in [2.24, 2.45) is 5.92 Å². The maximum atomic E-state index is 14.7. The van der Waals surface area contributed by atoms with Gasteiger partial charge in [0.15, 0.2) is 17.4 Å². The largest absolute Gasteiger partial charge is 0.487 e. The first-order valence-electron chi connectivity index (χ1n) is 11.6. The number of nitrogens with zero attached hydrogens (tertiary/aromatic N) is 3. The number of ether oxygens (including phenoxy) is 2. The average Bonchev–Trinajstić information content (AvgIpc) is 3.58. The van der Waals surface area contributed by atoms with E-state index in [2.05, 4.69) is 15.3 Å². The first kappa shape index (κ1) is 25.3. The van der Waals surface area contributed by atoms with Gasteiger partial charge in [-0.2, -0.15) is 0 Å². The fourth-order valence-electron chi connectivity index (χ4n) is 3.73. The zero-order valence-corrected chi connectivity index (χ0v) is 19.6. The highest BCUT2D eigenvalue weighted by Gasteiger charge is 2.43. The number of amides is 2. The molecule has 0 bridgehead atoms. The molecule has 1 aromatic heterocycles. The van der Waals surface area contributed by atoms with E-state index in [1.54, 1.807) is 4.90 Å². The van der Waals surface area contributed by atoms with Crippen LogP contribution in [0.3, 0.4) is 0 Å². The Morgan fingerprint density at radius 2 is 1.72 bits per heavy atom. The lowest BCUT2D eigenvalue weighted by Gasteiger charge is -2.32. The van der Waals surface area contributed by atoms with Crippen LogP contribution in [0.4, 0.5) is 13.6 Å². The van der Waals surface area contributed by atoms with Crippen LogP contribution in [0, 0.1) is 17.6 Å². The van der Waals surface area contributed by atoms with Crippen LogP contribution in [0.15, 0.2) is 24.5 Å². The summed E-state index contributed by atoms with van der Waals surface area (Å²) in [6, 6.07) is 2.16. The van der Waals surface area contributed by atoms with E-state index in [1.807, 2.05) is 6.92 Å². The number of hydrogen-bond donors (Lipinski definition) is 2. The van der Waals surface area contributed by atoms with E-state index in [1.165, 1.54) is 12.4 Å². The van der Waals surface area contributed by atoms with E-state index in [-0.39, 0.29) is 41.2 Å². The lowest BCUT2D eigenvalue weighted by atomic mass is 9.98. The van der Waals surface area contributed by atoms with Crippen molar-refractivity contribution in [1.29, 1.82) is 0 Å². The van der Waals surface area contributed by atoms with Crippen LogP contribution in [0.25, 0.3) is 11.1 Å². The smallest absolute Gasteiger partial charge is 0.410 e. The van der Waals surface area contributed by atoms with Gasteiger partial charge in [-0.05, 0) is 56.2 Å². The molecule has 10 nitrogen and oxygen atoms in total. The number of halogens is 2. The molecular formula is C24H26F2N4O6. The lowest BCUT2D eigenvalue weighted by Crippen LogP contribution is -2.41. The number of aromatic nitrogens is 2. The molecule has 0 radical (unpaired) electrons. The minimum absolute atomic E-state index is 0.0391. The first-order chi connectivity index (χ1) is 17.1. The molecule has 12 heteroatoms. The number of rotatable bonds is 8. The summed E-state index contributed by atoms with van der Waals surface area (Å²) < 4.78 is 40.3. The second kappa shape index (κ2) is 10.4.